The Kier molecular flexibility index (Phi) is 8.16. The lowest BCUT2D eigenvalue weighted by molar-refractivity contribution is -0.385. The zero-order valence-electron chi connectivity index (χ0n) is 17.0. The van der Waals surface area contributed by atoms with Crippen LogP contribution in [0.2, 0.25) is 0 Å². The Morgan fingerprint density at radius 1 is 1.17 bits per heavy atom. The van der Waals surface area contributed by atoms with Gasteiger partial charge >= 0.3 is 11.7 Å². The SMILES string of the molecule is CCOc1ccc(C(=O)O[C@H](C)C(=O)NCCc2ccc(OC)cc2)cc1[N+](=O)[O-]. The van der Waals surface area contributed by atoms with Crippen LogP contribution < -0.4 is 14.8 Å². The van der Waals surface area contributed by atoms with E-state index in [4.69, 9.17) is 14.2 Å². The van der Waals surface area contributed by atoms with Gasteiger partial charge in [-0.1, -0.05) is 12.1 Å². The van der Waals surface area contributed by atoms with E-state index in [1.54, 1.807) is 14.0 Å². The van der Waals surface area contributed by atoms with Crippen LogP contribution in [0.3, 0.4) is 0 Å². The summed E-state index contributed by atoms with van der Waals surface area (Å²) in [4.78, 5) is 35.0. The lowest BCUT2D eigenvalue weighted by atomic mass is 10.1. The molecule has 9 heteroatoms. The second-order valence-corrected chi connectivity index (χ2v) is 6.31. The fraction of sp³-hybridized carbons (Fsp3) is 0.333. The van der Waals surface area contributed by atoms with Gasteiger partial charge in [-0.15, -0.1) is 0 Å². The zero-order valence-corrected chi connectivity index (χ0v) is 17.0. The fourth-order valence-corrected chi connectivity index (χ4v) is 2.61. The van der Waals surface area contributed by atoms with Crippen molar-refractivity contribution in [2.24, 2.45) is 0 Å². The zero-order chi connectivity index (χ0) is 22.1. The van der Waals surface area contributed by atoms with Crippen LogP contribution in [0.25, 0.3) is 0 Å². The summed E-state index contributed by atoms with van der Waals surface area (Å²) < 4.78 is 15.4. The Bertz CT molecular complexity index is 897. The predicted molar refractivity (Wildman–Crippen MR) is 109 cm³/mol. The highest BCUT2D eigenvalue weighted by Crippen LogP contribution is 2.28. The van der Waals surface area contributed by atoms with Gasteiger partial charge in [0, 0.05) is 12.6 Å². The normalized spacial score (nSPS) is 11.3. The van der Waals surface area contributed by atoms with Gasteiger partial charge in [-0.05, 0) is 50.1 Å². The highest BCUT2D eigenvalue weighted by atomic mass is 16.6. The Hall–Kier alpha value is -3.62. The van der Waals surface area contributed by atoms with E-state index in [-0.39, 0.29) is 23.6 Å². The summed E-state index contributed by atoms with van der Waals surface area (Å²) >= 11 is 0. The Morgan fingerprint density at radius 2 is 1.87 bits per heavy atom. The van der Waals surface area contributed by atoms with E-state index in [0.717, 1.165) is 17.4 Å². The van der Waals surface area contributed by atoms with E-state index < -0.39 is 22.9 Å². The molecule has 2 rings (SSSR count). The van der Waals surface area contributed by atoms with Gasteiger partial charge in [-0.2, -0.15) is 0 Å². The second-order valence-electron chi connectivity index (χ2n) is 6.31. The smallest absolute Gasteiger partial charge is 0.339 e. The number of amides is 1. The first kappa shape index (κ1) is 22.7. The molecular weight excluding hydrogens is 392 g/mol. The number of nitrogens with one attached hydrogen (secondary N) is 1. The summed E-state index contributed by atoms with van der Waals surface area (Å²) in [6.07, 6.45) is -0.458. The number of nitro benzene ring substituents is 1. The topological polar surface area (TPSA) is 117 Å². The van der Waals surface area contributed by atoms with Crippen molar-refractivity contribution in [2.45, 2.75) is 26.4 Å². The average Bonchev–Trinajstić information content (AvgIpc) is 2.74. The van der Waals surface area contributed by atoms with Gasteiger partial charge in [0.2, 0.25) is 0 Å². The number of rotatable bonds is 10. The summed E-state index contributed by atoms with van der Waals surface area (Å²) in [7, 11) is 1.59. The molecule has 9 nitrogen and oxygen atoms in total. The lowest BCUT2D eigenvalue weighted by Crippen LogP contribution is -2.36. The van der Waals surface area contributed by atoms with E-state index >= 15 is 0 Å². The maximum Gasteiger partial charge on any atom is 0.339 e. The highest BCUT2D eigenvalue weighted by Gasteiger charge is 2.22. The van der Waals surface area contributed by atoms with Crippen molar-refractivity contribution in [2.75, 3.05) is 20.3 Å². The van der Waals surface area contributed by atoms with Crippen molar-refractivity contribution >= 4 is 17.6 Å². The molecule has 0 aromatic heterocycles. The number of benzene rings is 2. The van der Waals surface area contributed by atoms with E-state index in [0.29, 0.717) is 13.0 Å². The molecule has 2 aromatic carbocycles. The van der Waals surface area contributed by atoms with E-state index in [1.807, 2.05) is 24.3 Å². The van der Waals surface area contributed by atoms with Gasteiger partial charge < -0.3 is 19.5 Å². The molecule has 0 aliphatic heterocycles. The Labute approximate surface area is 174 Å². The van der Waals surface area contributed by atoms with Crippen molar-refractivity contribution in [3.63, 3.8) is 0 Å². The number of carbonyl (C=O) groups is 2. The molecule has 30 heavy (non-hydrogen) atoms. The number of nitrogens with zero attached hydrogens (tertiary/aromatic N) is 1. The monoisotopic (exact) mass is 416 g/mol. The van der Waals surface area contributed by atoms with Gasteiger partial charge in [-0.3, -0.25) is 14.9 Å². The first-order valence-corrected chi connectivity index (χ1v) is 9.38. The van der Waals surface area contributed by atoms with Crippen molar-refractivity contribution in [1.82, 2.24) is 5.32 Å². The molecule has 0 saturated carbocycles. The van der Waals surface area contributed by atoms with Gasteiger partial charge in [0.1, 0.15) is 5.75 Å². The highest BCUT2D eigenvalue weighted by molar-refractivity contribution is 5.93. The maximum absolute atomic E-state index is 12.3. The van der Waals surface area contributed by atoms with Crippen LogP contribution in [0.1, 0.15) is 29.8 Å². The Balaban J connectivity index is 1.90. The average molecular weight is 416 g/mol. The molecule has 0 saturated heterocycles. The van der Waals surface area contributed by atoms with Gasteiger partial charge in [-0.25, -0.2) is 4.79 Å². The summed E-state index contributed by atoms with van der Waals surface area (Å²) in [6, 6.07) is 11.2. The molecule has 160 valence electrons. The van der Waals surface area contributed by atoms with Gasteiger partial charge in [0.25, 0.3) is 5.91 Å². The standard InChI is InChI=1S/C21H24N2O7/c1-4-29-19-10-7-16(13-18(19)23(26)27)21(25)30-14(2)20(24)22-12-11-15-5-8-17(28-3)9-6-15/h5-10,13-14H,4,11-12H2,1-3H3,(H,22,24)/t14-/m1/s1. The van der Waals surface area contributed by atoms with Gasteiger partial charge in [0.15, 0.2) is 11.9 Å². The number of methoxy groups -OCH3 is 1. The molecular formula is C21H24N2O7. The van der Waals surface area contributed by atoms with E-state index in [2.05, 4.69) is 5.32 Å². The predicted octanol–water partition coefficient (Wildman–Crippen LogP) is 2.91. The van der Waals surface area contributed by atoms with Crippen molar-refractivity contribution in [3.05, 3.63) is 63.7 Å². The number of esters is 1. The van der Waals surface area contributed by atoms with Crippen molar-refractivity contribution < 1.29 is 28.7 Å². The molecule has 0 fully saturated rings. The molecule has 1 amide bonds. The van der Waals surface area contributed by atoms with Crippen LogP contribution in [0, 0.1) is 10.1 Å². The molecule has 2 aromatic rings. The van der Waals surface area contributed by atoms with Crippen molar-refractivity contribution in [1.29, 1.82) is 0 Å². The van der Waals surface area contributed by atoms with Crippen LogP contribution in [0.5, 0.6) is 11.5 Å². The molecule has 0 aliphatic carbocycles. The molecule has 0 heterocycles. The number of hydrogen-bond acceptors (Lipinski definition) is 7. The molecule has 0 aliphatic rings. The molecule has 1 atom stereocenters. The minimum atomic E-state index is -1.06. The third-order valence-corrected chi connectivity index (χ3v) is 4.22. The van der Waals surface area contributed by atoms with E-state index in [9.17, 15) is 19.7 Å². The molecule has 0 spiro atoms. The lowest BCUT2D eigenvalue weighted by Gasteiger charge is -2.14. The number of ether oxygens (including phenoxy) is 3. The first-order chi connectivity index (χ1) is 14.3. The third-order valence-electron chi connectivity index (χ3n) is 4.22. The summed E-state index contributed by atoms with van der Waals surface area (Å²) in [6.45, 7) is 3.74. The van der Waals surface area contributed by atoms with Crippen LogP contribution in [0.4, 0.5) is 5.69 Å². The number of carbonyl (C=O) groups excluding carboxylic acids is 2. The maximum atomic E-state index is 12.3. The molecule has 0 bridgehead atoms. The summed E-state index contributed by atoms with van der Waals surface area (Å²) in [5, 5.41) is 13.9. The van der Waals surface area contributed by atoms with Crippen LogP contribution in [0.15, 0.2) is 42.5 Å². The summed E-state index contributed by atoms with van der Waals surface area (Å²) in [5.74, 6) is -0.488. The Morgan fingerprint density at radius 3 is 2.47 bits per heavy atom. The van der Waals surface area contributed by atoms with Crippen molar-refractivity contribution in [3.8, 4) is 11.5 Å². The fourth-order valence-electron chi connectivity index (χ4n) is 2.61. The molecule has 1 N–H and O–H groups in total. The van der Waals surface area contributed by atoms with E-state index in [1.165, 1.54) is 19.1 Å². The molecule has 0 unspecified atom stereocenters. The quantitative estimate of drug-likeness (QED) is 0.359. The number of nitro groups is 1. The first-order valence-electron chi connectivity index (χ1n) is 9.38. The second kappa shape index (κ2) is 10.8. The minimum absolute atomic E-state index is 0.0389. The number of hydrogen-bond donors (Lipinski definition) is 1. The van der Waals surface area contributed by atoms with Crippen LogP contribution in [-0.2, 0) is 16.0 Å². The largest absolute Gasteiger partial charge is 0.497 e. The summed E-state index contributed by atoms with van der Waals surface area (Å²) in [5.41, 5.74) is 0.633. The molecule has 0 radical (unpaired) electrons. The van der Waals surface area contributed by atoms with Crippen LogP contribution >= 0.6 is 0 Å². The minimum Gasteiger partial charge on any atom is -0.497 e. The third kappa shape index (κ3) is 6.20. The van der Waals surface area contributed by atoms with Gasteiger partial charge in [0.05, 0.1) is 24.2 Å². The van der Waals surface area contributed by atoms with Crippen LogP contribution in [-0.4, -0.2) is 43.2 Å².